The van der Waals surface area contributed by atoms with Crippen LogP contribution in [0.1, 0.15) is 39.1 Å². The van der Waals surface area contributed by atoms with Gasteiger partial charge >= 0.3 is 0 Å². The molecule has 0 radical (unpaired) electrons. The van der Waals surface area contributed by atoms with Gasteiger partial charge in [-0.1, -0.05) is 11.2 Å². The third-order valence-electron chi connectivity index (χ3n) is 6.16. The van der Waals surface area contributed by atoms with E-state index in [1.165, 1.54) is 7.11 Å². The molecule has 1 unspecified atom stereocenters. The van der Waals surface area contributed by atoms with Gasteiger partial charge in [0.1, 0.15) is 6.61 Å². The fourth-order valence-corrected chi connectivity index (χ4v) is 4.40. The molecule has 1 atom stereocenters. The van der Waals surface area contributed by atoms with Gasteiger partial charge in [0.05, 0.1) is 5.92 Å². The van der Waals surface area contributed by atoms with E-state index in [1.807, 2.05) is 36.9 Å². The molecule has 0 aliphatic carbocycles. The van der Waals surface area contributed by atoms with Crippen molar-refractivity contribution in [3.8, 4) is 0 Å². The number of nitrogens with zero attached hydrogens (tertiary/aromatic N) is 4. The number of rotatable bonds is 4. The number of aromatic nitrogens is 2. The third kappa shape index (κ3) is 3.42. The van der Waals surface area contributed by atoms with E-state index in [4.69, 9.17) is 9.26 Å². The average Bonchev–Trinajstić information content (AvgIpc) is 3.26. The first-order valence-corrected chi connectivity index (χ1v) is 9.76. The van der Waals surface area contributed by atoms with E-state index >= 15 is 0 Å². The second kappa shape index (κ2) is 7.26. The van der Waals surface area contributed by atoms with Gasteiger partial charge in [-0.3, -0.25) is 9.59 Å². The first kappa shape index (κ1) is 19.6. The minimum Gasteiger partial charge on any atom is -0.375 e. The standard InChI is InChI=1S/C21H26N4O4/c1-13-5-6-16(7-14(13)2)20(27)25-11-21(12-25)10-24(18(26)9-28-4)8-17(21)19-22-15(3)23-29-19/h5-7,17H,8-12H2,1-4H3. The molecule has 2 saturated heterocycles. The van der Waals surface area contributed by atoms with Gasteiger partial charge in [-0.2, -0.15) is 4.98 Å². The van der Waals surface area contributed by atoms with Gasteiger partial charge in [-0.05, 0) is 44.0 Å². The summed E-state index contributed by atoms with van der Waals surface area (Å²) in [5, 5.41) is 3.92. The van der Waals surface area contributed by atoms with Crippen molar-refractivity contribution in [2.24, 2.45) is 5.41 Å². The highest BCUT2D eigenvalue weighted by atomic mass is 16.5. The highest BCUT2D eigenvalue weighted by molar-refractivity contribution is 5.95. The Hall–Kier alpha value is -2.74. The molecule has 154 valence electrons. The Morgan fingerprint density at radius 3 is 2.52 bits per heavy atom. The number of carbonyl (C=O) groups is 2. The Balaban J connectivity index is 1.54. The van der Waals surface area contributed by atoms with Crippen LogP contribution >= 0.6 is 0 Å². The van der Waals surface area contributed by atoms with Crippen LogP contribution in [-0.4, -0.2) is 71.7 Å². The van der Waals surface area contributed by atoms with E-state index in [0.29, 0.717) is 43.5 Å². The molecule has 2 aliphatic rings. The molecule has 0 saturated carbocycles. The lowest BCUT2D eigenvalue weighted by atomic mass is 9.71. The maximum atomic E-state index is 13.0. The number of hydrogen-bond donors (Lipinski definition) is 0. The molecule has 1 aromatic heterocycles. The van der Waals surface area contributed by atoms with E-state index in [1.54, 1.807) is 11.8 Å². The van der Waals surface area contributed by atoms with Crippen molar-refractivity contribution < 1.29 is 18.8 Å². The molecule has 0 N–H and O–H groups in total. The van der Waals surface area contributed by atoms with Crippen LogP contribution in [0.2, 0.25) is 0 Å². The largest absolute Gasteiger partial charge is 0.375 e. The van der Waals surface area contributed by atoms with E-state index < -0.39 is 0 Å². The van der Waals surface area contributed by atoms with E-state index in [0.717, 1.165) is 11.1 Å². The lowest BCUT2D eigenvalue weighted by Crippen LogP contribution is -2.61. The Morgan fingerprint density at radius 2 is 1.90 bits per heavy atom. The molecule has 1 spiro atoms. The van der Waals surface area contributed by atoms with Crippen LogP contribution in [-0.2, 0) is 9.53 Å². The maximum Gasteiger partial charge on any atom is 0.253 e. The quantitative estimate of drug-likeness (QED) is 0.779. The number of likely N-dealkylation sites (tertiary alicyclic amines) is 2. The zero-order valence-corrected chi connectivity index (χ0v) is 17.3. The molecule has 2 fully saturated rings. The Morgan fingerprint density at radius 1 is 1.17 bits per heavy atom. The molecule has 29 heavy (non-hydrogen) atoms. The van der Waals surface area contributed by atoms with Crippen LogP contribution in [0.5, 0.6) is 0 Å². The lowest BCUT2D eigenvalue weighted by molar-refractivity contribution is -0.134. The molecular formula is C21H26N4O4. The highest BCUT2D eigenvalue weighted by Gasteiger charge is 2.58. The summed E-state index contributed by atoms with van der Waals surface area (Å²) in [6, 6.07) is 5.78. The van der Waals surface area contributed by atoms with Crippen LogP contribution in [0.15, 0.2) is 22.7 Å². The SMILES string of the molecule is COCC(=O)N1CC(c2nc(C)no2)C2(C1)CN(C(=O)c1ccc(C)c(C)c1)C2. The normalized spacial score (nSPS) is 20.2. The molecule has 0 bridgehead atoms. The summed E-state index contributed by atoms with van der Waals surface area (Å²) in [5.41, 5.74) is 2.69. The van der Waals surface area contributed by atoms with Crippen molar-refractivity contribution in [3.05, 3.63) is 46.6 Å². The molecule has 4 rings (SSSR count). The van der Waals surface area contributed by atoms with Crippen molar-refractivity contribution >= 4 is 11.8 Å². The molecule has 8 heteroatoms. The number of ether oxygens (including phenoxy) is 1. The zero-order chi connectivity index (χ0) is 20.8. The van der Waals surface area contributed by atoms with Crippen molar-refractivity contribution in [1.82, 2.24) is 19.9 Å². The van der Waals surface area contributed by atoms with Gasteiger partial charge in [0.2, 0.25) is 11.8 Å². The predicted octanol–water partition coefficient (Wildman–Crippen LogP) is 1.71. The van der Waals surface area contributed by atoms with Crippen LogP contribution < -0.4 is 0 Å². The zero-order valence-electron chi connectivity index (χ0n) is 17.3. The van der Waals surface area contributed by atoms with E-state index in [9.17, 15) is 9.59 Å². The monoisotopic (exact) mass is 398 g/mol. The van der Waals surface area contributed by atoms with Crippen molar-refractivity contribution in [2.75, 3.05) is 39.9 Å². The summed E-state index contributed by atoms with van der Waals surface area (Å²) in [4.78, 5) is 33.4. The minimum atomic E-state index is -0.266. The van der Waals surface area contributed by atoms with Gasteiger partial charge < -0.3 is 19.1 Å². The summed E-state index contributed by atoms with van der Waals surface area (Å²) < 4.78 is 10.5. The van der Waals surface area contributed by atoms with Crippen LogP contribution in [0.25, 0.3) is 0 Å². The van der Waals surface area contributed by atoms with Gasteiger partial charge in [0.25, 0.3) is 5.91 Å². The molecule has 2 aromatic rings. The van der Waals surface area contributed by atoms with Crippen molar-refractivity contribution in [1.29, 1.82) is 0 Å². The fourth-order valence-electron chi connectivity index (χ4n) is 4.40. The number of amides is 2. The van der Waals surface area contributed by atoms with Crippen LogP contribution in [0.3, 0.4) is 0 Å². The average molecular weight is 398 g/mol. The minimum absolute atomic E-state index is 0.0147. The van der Waals surface area contributed by atoms with Gasteiger partial charge in [-0.25, -0.2) is 0 Å². The molecule has 8 nitrogen and oxygen atoms in total. The summed E-state index contributed by atoms with van der Waals surface area (Å²) in [7, 11) is 1.51. The van der Waals surface area contributed by atoms with Gasteiger partial charge in [-0.15, -0.1) is 0 Å². The Labute approximate surface area is 169 Å². The first-order chi connectivity index (χ1) is 13.8. The second-order valence-corrected chi connectivity index (χ2v) is 8.26. The lowest BCUT2D eigenvalue weighted by Gasteiger charge is -2.50. The Kier molecular flexibility index (Phi) is 4.90. The number of methoxy groups -OCH3 is 1. The van der Waals surface area contributed by atoms with E-state index in [2.05, 4.69) is 10.1 Å². The fraction of sp³-hybridized carbons (Fsp3) is 0.524. The maximum absolute atomic E-state index is 13.0. The highest BCUT2D eigenvalue weighted by Crippen LogP contribution is 2.49. The molecular weight excluding hydrogens is 372 g/mol. The molecule has 2 amide bonds. The number of benzene rings is 1. The van der Waals surface area contributed by atoms with Crippen molar-refractivity contribution in [2.45, 2.75) is 26.7 Å². The summed E-state index contributed by atoms with van der Waals surface area (Å²) in [5.74, 6) is 0.964. The Bertz CT molecular complexity index is 948. The summed E-state index contributed by atoms with van der Waals surface area (Å²) >= 11 is 0. The summed E-state index contributed by atoms with van der Waals surface area (Å²) in [6.45, 7) is 8.02. The van der Waals surface area contributed by atoms with E-state index in [-0.39, 0.29) is 29.8 Å². The number of hydrogen-bond acceptors (Lipinski definition) is 6. The molecule has 1 aromatic carbocycles. The number of carbonyl (C=O) groups excluding carboxylic acids is 2. The smallest absolute Gasteiger partial charge is 0.253 e. The summed E-state index contributed by atoms with van der Waals surface area (Å²) in [6.07, 6.45) is 0. The van der Waals surface area contributed by atoms with Gasteiger partial charge in [0.15, 0.2) is 5.82 Å². The topological polar surface area (TPSA) is 88.8 Å². The van der Waals surface area contributed by atoms with Gasteiger partial charge in [0, 0.05) is 44.3 Å². The second-order valence-electron chi connectivity index (χ2n) is 8.26. The van der Waals surface area contributed by atoms with Crippen LogP contribution in [0.4, 0.5) is 0 Å². The third-order valence-corrected chi connectivity index (χ3v) is 6.16. The van der Waals surface area contributed by atoms with Crippen LogP contribution in [0, 0.1) is 26.2 Å². The van der Waals surface area contributed by atoms with Crippen molar-refractivity contribution in [3.63, 3.8) is 0 Å². The molecule has 2 aliphatic heterocycles. The number of aryl methyl sites for hydroxylation is 3. The predicted molar refractivity (Wildman–Crippen MR) is 104 cm³/mol. The molecule has 3 heterocycles. The first-order valence-electron chi connectivity index (χ1n) is 9.76.